The van der Waals surface area contributed by atoms with Crippen LogP contribution < -0.4 is 5.69 Å². The summed E-state index contributed by atoms with van der Waals surface area (Å²) in [6, 6.07) is 3.73. The summed E-state index contributed by atoms with van der Waals surface area (Å²) < 4.78 is 28.4. The minimum Gasteiger partial charge on any atom is -0.290 e. The molecule has 0 bridgehead atoms. The van der Waals surface area contributed by atoms with Crippen molar-refractivity contribution in [1.29, 1.82) is 0 Å². The van der Waals surface area contributed by atoms with E-state index in [0.29, 0.717) is 18.0 Å². The van der Waals surface area contributed by atoms with E-state index in [4.69, 9.17) is 0 Å². The Kier molecular flexibility index (Phi) is 4.41. The lowest BCUT2D eigenvalue weighted by Crippen LogP contribution is -2.22. The number of hydrogen-bond donors (Lipinski definition) is 0. The van der Waals surface area contributed by atoms with E-state index in [0.717, 1.165) is 23.8 Å². The molecular formula is C17H19F2N3O. The fourth-order valence-corrected chi connectivity index (χ4v) is 2.60. The molecule has 2 aromatic heterocycles. The van der Waals surface area contributed by atoms with Crippen LogP contribution in [0.15, 0.2) is 41.0 Å². The number of aryl methyl sites for hydroxylation is 1. The Bertz CT molecular complexity index is 828. The molecule has 0 spiro atoms. The van der Waals surface area contributed by atoms with E-state index in [1.165, 1.54) is 18.9 Å². The number of hydrogen-bond acceptors (Lipinski definition) is 2. The minimum atomic E-state index is -0.822. The fourth-order valence-electron chi connectivity index (χ4n) is 2.60. The third kappa shape index (κ3) is 3.41. The quantitative estimate of drug-likeness (QED) is 0.768. The smallest absolute Gasteiger partial charge is 0.290 e. The first-order valence-electron chi connectivity index (χ1n) is 7.73. The van der Waals surface area contributed by atoms with Crippen LogP contribution in [0.5, 0.6) is 0 Å². The Morgan fingerprint density at radius 1 is 1.43 bits per heavy atom. The Labute approximate surface area is 132 Å². The highest BCUT2D eigenvalue weighted by atomic mass is 19.1. The van der Waals surface area contributed by atoms with Crippen LogP contribution in [-0.4, -0.2) is 20.8 Å². The summed E-state index contributed by atoms with van der Waals surface area (Å²) in [7, 11) is 1.71. The van der Waals surface area contributed by atoms with Gasteiger partial charge in [0, 0.05) is 25.7 Å². The molecule has 4 nitrogen and oxygen atoms in total. The number of imidazole rings is 1. The molecule has 1 fully saturated rings. The van der Waals surface area contributed by atoms with Gasteiger partial charge < -0.3 is 0 Å². The normalized spacial score (nSPS) is 15.9. The lowest BCUT2D eigenvalue weighted by atomic mass is 10.2. The van der Waals surface area contributed by atoms with Crippen LogP contribution in [0.2, 0.25) is 0 Å². The molecule has 23 heavy (non-hydrogen) atoms. The molecule has 0 amide bonds. The van der Waals surface area contributed by atoms with Crippen LogP contribution in [0.1, 0.15) is 18.5 Å². The van der Waals surface area contributed by atoms with Crippen LogP contribution >= 0.6 is 0 Å². The summed E-state index contributed by atoms with van der Waals surface area (Å²) in [5, 5.41) is 0. The average molecular weight is 319 g/mol. The first-order chi connectivity index (χ1) is 11.1. The molecule has 0 aliphatic heterocycles. The summed E-state index contributed by atoms with van der Waals surface area (Å²) >= 11 is 0. The topological polar surface area (TPSA) is 39.8 Å². The second-order valence-electron chi connectivity index (χ2n) is 5.89. The Morgan fingerprint density at radius 2 is 2.22 bits per heavy atom. The largest absolute Gasteiger partial charge is 0.330 e. The maximum atomic E-state index is 13.1. The van der Waals surface area contributed by atoms with Gasteiger partial charge in [0.05, 0.1) is 5.52 Å². The van der Waals surface area contributed by atoms with Crippen LogP contribution in [0, 0.1) is 5.92 Å². The SMILES string of the molecule is Cn1c(=O)n(CC2CC2)c2ccc(CC=CC(F)=CCF)nc21. The Morgan fingerprint density at radius 3 is 2.91 bits per heavy atom. The van der Waals surface area contributed by atoms with Gasteiger partial charge in [0.25, 0.3) is 0 Å². The number of pyridine rings is 1. The predicted molar refractivity (Wildman–Crippen MR) is 85.7 cm³/mol. The van der Waals surface area contributed by atoms with Gasteiger partial charge in [-0.25, -0.2) is 18.6 Å². The summed E-state index contributed by atoms with van der Waals surface area (Å²) in [6.45, 7) is -0.0760. The molecule has 1 saturated carbocycles. The lowest BCUT2D eigenvalue weighted by molar-refractivity contribution is 0.547. The molecule has 6 heteroatoms. The number of aromatic nitrogens is 3. The maximum absolute atomic E-state index is 13.1. The minimum absolute atomic E-state index is 0.0518. The first kappa shape index (κ1) is 15.6. The van der Waals surface area contributed by atoms with Crippen molar-refractivity contribution in [2.24, 2.45) is 13.0 Å². The van der Waals surface area contributed by atoms with E-state index in [2.05, 4.69) is 4.98 Å². The number of alkyl halides is 1. The van der Waals surface area contributed by atoms with Crippen molar-refractivity contribution in [2.45, 2.75) is 25.8 Å². The van der Waals surface area contributed by atoms with Gasteiger partial charge in [0.15, 0.2) is 5.65 Å². The van der Waals surface area contributed by atoms with Crippen molar-refractivity contribution in [1.82, 2.24) is 14.1 Å². The summed E-state index contributed by atoms with van der Waals surface area (Å²) in [4.78, 5) is 16.8. The van der Waals surface area contributed by atoms with Crippen molar-refractivity contribution in [3.05, 3.63) is 52.4 Å². The van der Waals surface area contributed by atoms with Crippen LogP contribution in [-0.2, 0) is 20.0 Å². The molecule has 122 valence electrons. The van der Waals surface area contributed by atoms with E-state index >= 15 is 0 Å². The van der Waals surface area contributed by atoms with Crippen molar-refractivity contribution in [3.8, 4) is 0 Å². The van der Waals surface area contributed by atoms with Gasteiger partial charge in [0.2, 0.25) is 0 Å². The highest BCUT2D eigenvalue weighted by Crippen LogP contribution is 2.31. The highest BCUT2D eigenvalue weighted by molar-refractivity contribution is 5.71. The van der Waals surface area contributed by atoms with Gasteiger partial charge in [0.1, 0.15) is 12.5 Å². The van der Waals surface area contributed by atoms with Gasteiger partial charge in [-0.3, -0.25) is 9.13 Å². The number of fused-ring (bicyclic) bond motifs is 1. The molecule has 1 aliphatic rings. The molecule has 3 rings (SSSR count). The molecule has 2 aromatic rings. The molecule has 1 aliphatic carbocycles. The summed E-state index contributed by atoms with van der Waals surface area (Å²) in [6.07, 6.45) is 6.46. The first-order valence-corrected chi connectivity index (χ1v) is 7.73. The molecular weight excluding hydrogens is 300 g/mol. The van der Waals surface area contributed by atoms with E-state index in [-0.39, 0.29) is 5.69 Å². The van der Waals surface area contributed by atoms with E-state index in [1.54, 1.807) is 22.3 Å². The monoisotopic (exact) mass is 319 g/mol. The van der Waals surface area contributed by atoms with Gasteiger partial charge in [-0.05, 0) is 43.0 Å². The van der Waals surface area contributed by atoms with Gasteiger partial charge >= 0.3 is 5.69 Å². The number of nitrogens with zero attached hydrogens (tertiary/aromatic N) is 3. The summed E-state index contributed by atoms with van der Waals surface area (Å²) in [5.74, 6) is 0.00254. The van der Waals surface area contributed by atoms with Crippen LogP contribution in [0.25, 0.3) is 11.2 Å². The number of rotatable bonds is 6. The van der Waals surface area contributed by atoms with Gasteiger partial charge in [-0.15, -0.1) is 0 Å². The Hall–Kier alpha value is -2.24. The van der Waals surface area contributed by atoms with E-state index in [1.807, 2.05) is 12.1 Å². The van der Waals surface area contributed by atoms with Gasteiger partial charge in [-0.2, -0.15) is 0 Å². The molecule has 0 unspecified atom stereocenters. The second kappa shape index (κ2) is 6.48. The Balaban J connectivity index is 1.86. The zero-order valence-electron chi connectivity index (χ0n) is 13.0. The molecule has 0 N–H and O–H groups in total. The standard InChI is InChI=1S/C17H19F2N3O/c1-21-16-15(22(17(21)23)11-12-5-6-12)8-7-14(20-16)4-2-3-13(19)9-10-18/h2-3,7-9,12H,4-6,10-11H2,1H3. The van der Waals surface area contributed by atoms with Gasteiger partial charge in [-0.1, -0.05) is 6.08 Å². The highest BCUT2D eigenvalue weighted by Gasteiger charge is 2.24. The van der Waals surface area contributed by atoms with Crippen molar-refractivity contribution in [3.63, 3.8) is 0 Å². The van der Waals surface area contributed by atoms with E-state index in [9.17, 15) is 13.6 Å². The van der Waals surface area contributed by atoms with E-state index < -0.39 is 12.5 Å². The molecule has 2 heterocycles. The van der Waals surface area contributed by atoms with Crippen LogP contribution in [0.4, 0.5) is 8.78 Å². The zero-order chi connectivity index (χ0) is 16.4. The third-order valence-corrected chi connectivity index (χ3v) is 4.05. The number of halogens is 2. The second-order valence-corrected chi connectivity index (χ2v) is 5.89. The lowest BCUT2D eigenvalue weighted by Gasteiger charge is -2.01. The molecule has 0 radical (unpaired) electrons. The van der Waals surface area contributed by atoms with Crippen molar-refractivity contribution >= 4 is 11.2 Å². The average Bonchev–Trinajstić information content (AvgIpc) is 3.32. The van der Waals surface area contributed by atoms with Crippen molar-refractivity contribution < 1.29 is 8.78 Å². The fraction of sp³-hybridized carbons (Fsp3) is 0.412. The van der Waals surface area contributed by atoms with Crippen molar-refractivity contribution in [2.75, 3.05) is 6.67 Å². The number of allylic oxidation sites excluding steroid dienone is 4. The maximum Gasteiger partial charge on any atom is 0.330 e. The molecule has 0 aromatic carbocycles. The zero-order valence-corrected chi connectivity index (χ0v) is 13.0. The molecule has 0 saturated heterocycles. The summed E-state index contributed by atoms with van der Waals surface area (Å²) in [5.41, 5.74) is 2.16. The molecule has 0 atom stereocenters. The third-order valence-electron chi connectivity index (χ3n) is 4.05. The predicted octanol–water partition coefficient (Wildman–Crippen LogP) is 3.07. The van der Waals surface area contributed by atoms with Crippen LogP contribution in [0.3, 0.4) is 0 Å².